The third kappa shape index (κ3) is 6.07. The summed E-state index contributed by atoms with van der Waals surface area (Å²) in [5.41, 5.74) is 7.56. The third-order valence-corrected chi connectivity index (χ3v) is 4.43. The fourth-order valence-electron chi connectivity index (χ4n) is 2.07. The minimum absolute atomic E-state index is 0.197. The van der Waals surface area contributed by atoms with Crippen molar-refractivity contribution < 1.29 is 19.1 Å². The van der Waals surface area contributed by atoms with Crippen molar-refractivity contribution in [1.82, 2.24) is 10.9 Å². The fraction of sp³-hybridized carbons (Fsp3) is 0.263. The second-order valence-electron chi connectivity index (χ2n) is 5.85. The smallest absolute Gasteiger partial charge is 0.276 e. The second-order valence-corrected chi connectivity index (χ2v) is 6.71. The molecule has 7 heteroatoms. The van der Waals surface area contributed by atoms with Crippen molar-refractivity contribution in [3.8, 4) is 11.5 Å². The molecule has 0 aromatic heterocycles. The van der Waals surface area contributed by atoms with Crippen LogP contribution in [0.3, 0.4) is 0 Å². The molecular formula is C19H21BrN2O4. The number of hydrogen-bond donors (Lipinski definition) is 2. The predicted molar refractivity (Wildman–Crippen MR) is 102 cm³/mol. The van der Waals surface area contributed by atoms with Crippen LogP contribution < -0.4 is 20.3 Å². The maximum atomic E-state index is 11.8. The molecule has 26 heavy (non-hydrogen) atoms. The average molecular weight is 421 g/mol. The summed E-state index contributed by atoms with van der Waals surface area (Å²) in [6.45, 7) is 5.36. The minimum atomic E-state index is -0.467. The number of carbonyl (C=O) groups excluding carboxylic acids is 2. The molecule has 0 saturated heterocycles. The summed E-state index contributed by atoms with van der Waals surface area (Å²) in [4.78, 5) is 23.5. The molecule has 0 spiro atoms. The van der Waals surface area contributed by atoms with E-state index in [-0.39, 0.29) is 13.2 Å². The molecule has 2 aromatic carbocycles. The number of halogens is 1. The zero-order valence-electron chi connectivity index (χ0n) is 14.9. The Morgan fingerprint density at radius 2 is 1.54 bits per heavy atom. The van der Waals surface area contributed by atoms with Crippen LogP contribution in [0.2, 0.25) is 0 Å². The van der Waals surface area contributed by atoms with Gasteiger partial charge in [0, 0.05) is 4.47 Å². The monoisotopic (exact) mass is 420 g/mol. The van der Waals surface area contributed by atoms with Crippen LogP contribution in [-0.2, 0) is 9.59 Å². The van der Waals surface area contributed by atoms with Gasteiger partial charge in [0.25, 0.3) is 11.8 Å². The average Bonchev–Trinajstić information content (AvgIpc) is 2.61. The molecule has 0 aliphatic carbocycles. The van der Waals surface area contributed by atoms with Crippen LogP contribution >= 0.6 is 15.9 Å². The Morgan fingerprint density at radius 1 is 0.885 bits per heavy atom. The SMILES string of the molecule is Cc1ccc(C)c(OCC(=O)NNC(=O)COc2ccc(Br)c(C)c2)c1. The molecule has 0 aliphatic rings. The molecule has 6 nitrogen and oxygen atoms in total. The lowest BCUT2D eigenvalue weighted by Crippen LogP contribution is -2.45. The summed E-state index contributed by atoms with van der Waals surface area (Å²) in [6.07, 6.45) is 0. The van der Waals surface area contributed by atoms with Gasteiger partial charge in [0.1, 0.15) is 11.5 Å². The molecule has 0 atom stereocenters. The van der Waals surface area contributed by atoms with Crippen LogP contribution in [0.25, 0.3) is 0 Å². The van der Waals surface area contributed by atoms with Crippen LogP contribution in [0.15, 0.2) is 40.9 Å². The zero-order valence-corrected chi connectivity index (χ0v) is 16.5. The highest BCUT2D eigenvalue weighted by molar-refractivity contribution is 9.10. The van der Waals surface area contributed by atoms with Gasteiger partial charge >= 0.3 is 0 Å². The summed E-state index contributed by atoms with van der Waals surface area (Å²) in [5.74, 6) is 0.287. The molecule has 2 rings (SSSR count). The van der Waals surface area contributed by atoms with Gasteiger partial charge in [-0.1, -0.05) is 28.1 Å². The number of amides is 2. The molecule has 0 radical (unpaired) electrons. The number of carbonyl (C=O) groups is 2. The van der Waals surface area contributed by atoms with Crippen molar-refractivity contribution in [1.29, 1.82) is 0 Å². The molecule has 0 bridgehead atoms. The Kier molecular flexibility index (Phi) is 7.03. The number of aryl methyl sites for hydroxylation is 3. The summed E-state index contributed by atoms with van der Waals surface area (Å²) < 4.78 is 11.8. The van der Waals surface area contributed by atoms with Gasteiger partial charge in [0.05, 0.1) is 0 Å². The second kappa shape index (κ2) is 9.24. The summed E-state index contributed by atoms with van der Waals surface area (Å²) >= 11 is 3.40. The fourth-order valence-corrected chi connectivity index (χ4v) is 2.32. The van der Waals surface area contributed by atoms with Crippen LogP contribution in [0, 0.1) is 20.8 Å². The topological polar surface area (TPSA) is 76.7 Å². The molecule has 2 amide bonds. The lowest BCUT2D eigenvalue weighted by molar-refractivity contribution is -0.131. The van der Waals surface area contributed by atoms with Gasteiger partial charge in [-0.15, -0.1) is 0 Å². The van der Waals surface area contributed by atoms with E-state index < -0.39 is 11.8 Å². The Labute approximate surface area is 161 Å². The van der Waals surface area contributed by atoms with Crippen LogP contribution in [0.1, 0.15) is 16.7 Å². The van der Waals surface area contributed by atoms with Crippen molar-refractivity contribution in [3.63, 3.8) is 0 Å². The maximum absolute atomic E-state index is 11.8. The van der Waals surface area contributed by atoms with E-state index >= 15 is 0 Å². The van der Waals surface area contributed by atoms with E-state index in [0.29, 0.717) is 11.5 Å². The summed E-state index contributed by atoms with van der Waals surface area (Å²) in [5, 5.41) is 0. The van der Waals surface area contributed by atoms with E-state index in [1.54, 1.807) is 6.07 Å². The first kappa shape index (κ1) is 19.8. The molecule has 0 aliphatic heterocycles. The largest absolute Gasteiger partial charge is 0.484 e. The van der Waals surface area contributed by atoms with E-state index in [9.17, 15) is 9.59 Å². The number of hydrazine groups is 1. The van der Waals surface area contributed by atoms with Gasteiger partial charge in [0.2, 0.25) is 0 Å². The van der Waals surface area contributed by atoms with E-state index in [1.807, 2.05) is 51.1 Å². The highest BCUT2D eigenvalue weighted by Gasteiger charge is 2.08. The number of rotatable bonds is 6. The highest BCUT2D eigenvalue weighted by Crippen LogP contribution is 2.21. The Hall–Kier alpha value is -2.54. The molecule has 0 saturated carbocycles. The Morgan fingerprint density at radius 3 is 2.19 bits per heavy atom. The van der Waals surface area contributed by atoms with Crippen LogP contribution in [-0.4, -0.2) is 25.0 Å². The quantitative estimate of drug-likeness (QED) is 0.704. The first-order valence-electron chi connectivity index (χ1n) is 8.02. The van der Waals surface area contributed by atoms with E-state index in [2.05, 4.69) is 26.8 Å². The lowest BCUT2D eigenvalue weighted by Gasteiger charge is -2.11. The molecule has 2 aromatic rings. The van der Waals surface area contributed by atoms with Gasteiger partial charge in [-0.25, -0.2) is 0 Å². The van der Waals surface area contributed by atoms with Crippen molar-refractivity contribution in [2.75, 3.05) is 13.2 Å². The number of nitrogens with one attached hydrogen (secondary N) is 2. The highest BCUT2D eigenvalue weighted by atomic mass is 79.9. The van der Waals surface area contributed by atoms with E-state index in [1.165, 1.54) is 0 Å². The van der Waals surface area contributed by atoms with Gasteiger partial charge < -0.3 is 9.47 Å². The predicted octanol–water partition coefficient (Wildman–Crippen LogP) is 2.98. The lowest BCUT2D eigenvalue weighted by atomic mass is 10.1. The van der Waals surface area contributed by atoms with Crippen molar-refractivity contribution >= 4 is 27.7 Å². The Balaban J connectivity index is 1.72. The number of ether oxygens (including phenoxy) is 2. The number of benzene rings is 2. The molecule has 0 fully saturated rings. The van der Waals surface area contributed by atoms with E-state index in [4.69, 9.17) is 9.47 Å². The normalized spacial score (nSPS) is 10.2. The first-order valence-corrected chi connectivity index (χ1v) is 8.81. The van der Waals surface area contributed by atoms with Crippen molar-refractivity contribution in [3.05, 3.63) is 57.6 Å². The van der Waals surface area contributed by atoms with Gasteiger partial charge in [0.15, 0.2) is 13.2 Å². The number of hydrogen-bond acceptors (Lipinski definition) is 4. The van der Waals surface area contributed by atoms with Gasteiger partial charge in [-0.3, -0.25) is 20.4 Å². The third-order valence-electron chi connectivity index (χ3n) is 3.54. The molecule has 2 N–H and O–H groups in total. The molecule has 0 unspecified atom stereocenters. The standard InChI is InChI=1S/C19H21BrN2O4/c1-12-4-5-13(2)17(8-12)26-11-19(24)22-21-18(23)10-25-15-6-7-16(20)14(3)9-15/h4-9H,10-11H2,1-3H3,(H,21,23)(H,22,24). The summed E-state index contributed by atoms with van der Waals surface area (Å²) in [6, 6.07) is 11.2. The molecular weight excluding hydrogens is 400 g/mol. The molecule has 138 valence electrons. The zero-order chi connectivity index (χ0) is 19.1. The van der Waals surface area contributed by atoms with Gasteiger partial charge in [-0.2, -0.15) is 0 Å². The first-order chi connectivity index (χ1) is 12.3. The Bertz CT molecular complexity index is 808. The van der Waals surface area contributed by atoms with E-state index in [0.717, 1.165) is 21.2 Å². The van der Waals surface area contributed by atoms with Gasteiger partial charge in [-0.05, 0) is 61.7 Å². The van der Waals surface area contributed by atoms with Crippen LogP contribution in [0.4, 0.5) is 0 Å². The van der Waals surface area contributed by atoms with Crippen molar-refractivity contribution in [2.24, 2.45) is 0 Å². The molecule has 0 heterocycles. The minimum Gasteiger partial charge on any atom is -0.484 e. The van der Waals surface area contributed by atoms with Crippen molar-refractivity contribution in [2.45, 2.75) is 20.8 Å². The maximum Gasteiger partial charge on any atom is 0.276 e. The van der Waals surface area contributed by atoms with Crippen LogP contribution in [0.5, 0.6) is 11.5 Å². The summed E-state index contributed by atoms with van der Waals surface area (Å²) in [7, 11) is 0.